The van der Waals surface area contributed by atoms with E-state index < -0.39 is 17.3 Å². The zero-order valence-corrected chi connectivity index (χ0v) is 8.52. The highest BCUT2D eigenvalue weighted by Gasteiger charge is 2.42. The number of halogens is 2. The summed E-state index contributed by atoms with van der Waals surface area (Å²) in [5.74, 6) is -3.62. The van der Waals surface area contributed by atoms with E-state index in [4.69, 9.17) is 5.11 Å². The van der Waals surface area contributed by atoms with Crippen LogP contribution in [0, 0.1) is 11.3 Å². The van der Waals surface area contributed by atoms with Crippen molar-refractivity contribution in [3.05, 3.63) is 0 Å². The fourth-order valence-electron chi connectivity index (χ4n) is 2.02. The molecule has 0 aromatic heterocycles. The second kappa shape index (κ2) is 3.48. The first-order chi connectivity index (χ1) is 6.23. The van der Waals surface area contributed by atoms with Crippen LogP contribution in [0.3, 0.4) is 0 Å². The highest BCUT2D eigenvalue weighted by molar-refractivity contribution is 5.73. The third kappa shape index (κ3) is 2.66. The maximum absolute atomic E-state index is 12.8. The lowest BCUT2D eigenvalue weighted by molar-refractivity contribution is -0.148. The van der Waals surface area contributed by atoms with Crippen molar-refractivity contribution in [1.82, 2.24) is 0 Å². The molecule has 1 aliphatic rings. The predicted molar refractivity (Wildman–Crippen MR) is 48.3 cm³/mol. The number of hydrogen-bond acceptors (Lipinski definition) is 1. The van der Waals surface area contributed by atoms with E-state index >= 15 is 0 Å². The number of alkyl halides is 2. The Morgan fingerprint density at radius 1 is 1.57 bits per heavy atom. The van der Waals surface area contributed by atoms with Gasteiger partial charge in [-0.25, -0.2) is 8.78 Å². The van der Waals surface area contributed by atoms with Gasteiger partial charge in [0.2, 0.25) is 5.92 Å². The SMILES string of the molecule is CC(C)(CC1CCC(F)(F)C1)C(=O)O. The average molecular weight is 206 g/mol. The van der Waals surface area contributed by atoms with Crippen LogP contribution in [0.5, 0.6) is 0 Å². The molecule has 0 aliphatic heterocycles. The smallest absolute Gasteiger partial charge is 0.309 e. The second-order valence-corrected chi connectivity index (χ2v) is 4.86. The number of carboxylic acids is 1. The lowest BCUT2D eigenvalue weighted by Gasteiger charge is -2.22. The number of hydrogen-bond donors (Lipinski definition) is 1. The molecule has 1 N–H and O–H groups in total. The number of rotatable bonds is 3. The summed E-state index contributed by atoms with van der Waals surface area (Å²) >= 11 is 0. The van der Waals surface area contributed by atoms with Gasteiger partial charge in [-0.2, -0.15) is 0 Å². The van der Waals surface area contributed by atoms with Crippen molar-refractivity contribution in [3.8, 4) is 0 Å². The van der Waals surface area contributed by atoms with Crippen LogP contribution in [0.4, 0.5) is 8.78 Å². The van der Waals surface area contributed by atoms with Gasteiger partial charge in [-0.1, -0.05) is 0 Å². The van der Waals surface area contributed by atoms with Gasteiger partial charge in [0.15, 0.2) is 0 Å². The van der Waals surface area contributed by atoms with E-state index in [-0.39, 0.29) is 18.8 Å². The van der Waals surface area contributed by atoms with Gasteiger partial charge in [0, 0.05) is 12.8 Å². The van der Waals surface area contributed by atoms with Crippen molar-refractivity contribution in [2.75, 3.05) is 0 Å². The first-order valence-corrected chi connectivity index (χ1v) is 4.84. The molecule has 0 aromatic rings. The van der Waals surface area contributed by atoms with Crippen LogP contribution in [0.15, 0.2) is 0 Å². The van der Waals surface area contributed by atoms with Crippen LogP contribution < -0.4 is 0 Å². The predicted octanol–water partition coefficient (Wildman–Crippen LogP) is 2.92. The maximum Gasteiger partial charge on any atom is 0.309 e. The largest absolute Gasteiger partial charge is 0.481 e. The Bertz CT molecular complexity index is 236. The summed E-state index contributed by atoms with van der Waals surface area (Å²) in [5.41, 5.74) is -0.884. The van der Waals surface area contributed by atoms with E-state index in [0.29, 0.717) is 12.8 Å². The molecule has 0 heterocycles. The molecule has 14 heavy (non-hydrogen) atoms. The van der Waals surface area contributed by atoms with Crippen LogP contribution in [0.25, 0.3) is 0 Å². The molecule has 82 valence electrons. The highest BCUT2D eigenvalue weighted by atomic mass is 19.3. The lowest BCUT2D eigenvalue weighted by atomic mass is 9.82. The van der Waals surface area contributed by atoms with E-state index in [9.17, 15) is 13.6 Å². The monoisotopic (exact) mass is 206 g/mol. The Kier molecular flexibility index (Phi) is 2.83. The average Bonchev–Trinajstić information content (AvgIpc) is 2.28. The van der Waals surface area contributed by atoms with Gasteiger partial charge in [-0.3, -0.25) is 4.79 Å². The molecule has 1 rings (SSSR count). The summed E-state index contributed by atoms with van der Waals surface area (Å²) in [6.45, 7) is 3.18. The fraction of sp³-hybridized carbons (Fsp3) is 0.900. The van der Waals surface area contributed by atoms with Crippen molar-refractivity contribution in [2.45, 2.75) is 45.5 Å². The van der Waals surface area contributed by atoms with Gasteiger partial charge in [-0.05, 0) is 32.6 Å². The Labute approximate surface area is 82.3 Å². The number of carbonyl (C=O) groups is 1. The van der Waals surface area contributed by atoms with Crippen LogP contribution in [0.1, 0.15) is 39.5 Å². The molecule has 2 nitrogen and oxygen atoms in total. The van der Waals surface area contributed by atoms with E-state index in [0.717, 1.165) is 0 Å². The number of aliphatic carboxylic acids is 1. The minimum atomic E-state index is -2.57. The third-order valence-electron chi connectivity index (χ3n) is 2.88. The molecule has 0 saturated heterocycles. The van der Waals surface area contributed by atoms with E-state index in [1.807, 2.05) is 0 Å². The van der Waals surface area contributed by atoms with Crippen LogP contribution in [-0.2, 0) is 4.79 Å². The van der Waals surface area contributed by atoms with Crippen molar-refractivity contribution in [3.63, 3.8) is 0 Å². The van der Waals surface area contributed by atoms with Gasteiger partial charge in [-0.15, -0.1) is 0 Å². The van der Waals surface area contributed by atoms with Crippen molar-refractivity contribution in [1.29, 1.82) is 0 Å². The molecular formula is C10H16F2O2. The molecule has 0 amide bonds. The van der Waals surface area contributed by atoms with Gasteiger partial charge >= 0.3 is 5.97 Å². The standard InChI is InChI=1S/C10H16F2O2/c1-9(2,8(13)14)5-7-3-4-10(11,12)6-7/h7H,3-6H2,1-2H3,(H,13,14). The molecule has 1 aliphatic carbocycles. The molecule has 0 aromatic carbocycles. The zero-order chi connectivity index (χ0) is 11.0. The topological polar surface area (TPSA) is 37.3 Å². The maximum atomic E-state index is 12.8. The summed E-state index contributed by atoms with van der Waals surface area (Å²) in [7, 11) is 0. The van der Waals surface area contributed by atoms with Gasteiger partial charge in [0.25, 0.3) is 0 Å². The minimum absolute atomic E-state index is 0.0899. The van der Waals surface area contributed by atoms with E-state index in [1.54, 1.807) is 13.8 Å². The Balaban J connectivity index is 2.51. The highest BCUT2D eigenvalue weighted by Crippen LogP contribution is 2.43. The Morgan fingerprint density at radius 2 is 2.14 bits per heavy atom. The molecule has 0 radical (unpaired) electrons. The van der Waals surface area contributed by atoms with Gasteiger partial charge < -0.3 is 5.11 Å². The number of carboxylic acid groups (broad SMARTS) is 1. The lowest BCUT2D eigenvalue weighted by Crippen LogP contribution is -2.26. The summed E-state index contributed by atoms with van der Waals surface area (Å²) in [6.07, 6.45) is 0.554. The quantitative estimate of drug-likeness (QED) is 0.770. The zero-order valence-electron chi connectivity index (χ0n) is 8.52. The van der Waals surface area contributed by atoms with Gasteiger partial charge in [0.05, 0.1) is 5.41 Å². The Hall–Kier alpha value is -0.670. The summed E-state index contributed by atoms with van der Waals surface area (Å²) in [6, 6.07) is 0. The summed E-state index contributed by atoms with van der Waals surface area (Å²) < 4.78 is 25.6. The molecule has 1 atom stereocenters. The van der Waals surface area contributed by atoms with E-state index in [2.05, 4.69) is 0 Å². The molecule has 1 fully saturated rings. The van der Waals surface area contributed by atoms with E-state index in [1.165, 1.54) is 0 Å². The van der Waals surface area contributed by atoms with Gasteiger partial charge in [0.1, 0.15) is 0 Å². The molecule has 0 spiro atoms. The third-order valence-corrected chi connectivity index (χ3v) is 2.88. The van der Waals surface area contributed by atoms with Crippen LogP contribution in [0.2, 0.25) is 0 Å². The van der Waals surface area contributed by atoms with Crippen molar-refractivity contribution >= 4 is 5.97 Å². The van der Waals surface area contributed by atoms with Crippen molar-refractivity contribution in [2.24, 2.45) is 11.3 Å². The normalized spacial score (nSPS) is 26.4. The first-order valence-electron chi connectivity index (χ1n) is 4.84. The summed E-state index contributed by atoms with van der Waals surface area (Å²) in [5, 5.41) is 8.84. The molecule has 1 unspecified atom stereocenters. The van der Waals surface area contributed by atoms with Crippen LogP contribution in [-0.4, -0.2) is 17.0 Å². The second-order valence-electron chi connectivity index (χ2n) is 4.86. The summed E-state index contributed by atoms with van der Waals surface area (Å²) in [4.78, 5) is 10.8. The first kappa shape index (κ1) is 11.4. The van der Waals surface area contributed by atoms with Crippen LogP contribution >= 0.6 is 0 Å². The van der Waals surface area contributed by atoms with Crippen molar-refractivity contribution < 1.29 is 18.7 Å². The fourth-order valence-corrected chi connectivity index (χ4v) is 2.02. The minimum Gasteiger partial charge on any atom is -0.481 e. The molecule has 0 bridgehead atoms. The molecule has 4 heteroatoms. The molecule has 1 saturated carbocycles. The molecular weight excluding hydrogens is 190 g/mol. The Morgan fingerprint density at radius 3 is 2.50 bits per heavy atom.